The van der Waals surface area contributed by atoms with E-state index in [1.807, 2.05) is 6.92 Å². The maximum absolute atomic E-state index is 11.9. The predicted molar refractivity (Wildman–Crippen MR) is 96.7 cm³/mol. The first kappa shape index (κ1) is 19.0. The molecule has 24 heavy (non-hydrogen) atoms. The number of para-hydroxylation sites is 1. The van der Waals surface area contributed by atoms with Gasteiger partial charge in [-0.2, -0.15) is 0 Å². The highest BCUT2D eigenvalue weighted by Crippen LogP contribution is 2.31. The van der Waals surface area contributed by atoms with E-state index in [9.17, 15) is 4.79 Å². The molecule has 2 heterocycles. The van der Waals surface area contributed by atoms with Gasteiger partial charge in [0.05, 0.1) is 19.1 Å². The number of anilines is 1. The van der Waals surface area contributed by atoms with E-state index in [0.29, 0.717) is 13.0 Å². The molecule has 5 nitrogen and oxygen atoms in total. The average Bonchev–Trinajstić information content (AvgIpc) is 3.15. The average molecular weight is 355 g/mol. The van der Waals surface area contributed by atoms with Crippen molar-refractivity contribution in [3.63, 3.8) is 0 Å². The van der Waals surface area contributed by atoms with Crippen LogP contribution >= 0.6 is 12.4 Å². The van der Waals surface area contributed by atoms with Crippen molar-refractivity contribution in [2.75, 3.05) is 32.1 Å². The fourth-order valence-corrected chi connectivity index (χ4v) is 3.69. The predicted octanol–water partition coefficient (Wildman–Crippen LogP) is 2.62. The molecule has 6 heteroatoms. The van der Waals surface area contributed by atoms with Gasteiger partial charge in [0.15, 0.2) is 0 Å². The summed E-state index contributed by atoms with van der Waals surface area (Å²) in [6, 6.07) is 6.69. The molecule has 2 atom stereocenters. The van der Waals surface area contributed by atoms with Gasteiger partial charge in [-0.1, -0.05) is 18.2 Å². The van der Waals surface area contributed by atoms with Crippen LogP contribution in [0, 0.1) is 0 Å². The first-order valence-electron chi connectivity index (χ1n) is 8.48. The number of nitrogens with zero attached hydrogens (tertiary/aromatic N) is 1. The van der Waals surface area contributed by atoms with Crippen molar-refractivity contribution in [2.45, 2.75) is 44.9 Å². The number of carbonyl (C=O) groups is 1. The van der Waals surface area contributed by atoms with Crippen LogP contribution in [0.1, 0.15) is 30.9 Å². The van der Waals surface area contributed by atoms with Gasteiger partial charge in [0.25, 0.3) is 0 Å². The number of hydrogen-bond donors (Lipinski definition) is 1. The second kappa shape index (κ2) is 8.70. The molecule has 1 N–H and O–H groups in total. The summed E-state index contributed by atoms with van der Waals surface area (Å²) in [5, 5.41) is 3.49. The zero-order valence-electron chi connectivity index (χ0n) is 14.4. The molecule has 1 saturated heterocycles. The van der Waals surface area contributed by atoms with E-state index in [1.165, 1.54) is 16.8 Å². The van der Waals surface area contributed by atoms with Gasteiger partial charge < -0.3 is 14.8 Å². The third kappa shape index (κ3) is 4.21. The highest BCUT2D eigenvalue weighted by Gasteiger charge is 2.34. The molecule has 0 radical (unpaired) electrons. The Morgan fingerprint density at radius 1 is 1.42 bits per heavy atom. The van der Waals surface area contributed by atoms with Crippen LogP contribution in [0.4, 0.5) is 5.69 Å². The van der Waals surface area contributed by atoms with Gasteiger partial charge in [0.2, 0.25) is 0 Å². The lowest BCUT2D eigenvalue weighted by molar-refractivity contribution is -0.144. The lowest BCUT2D eigenvalue weighted by Crippen LogP contribution is -2.32. The molecule has 2 aliphatic rings. The number of likely N-dealkylation sites (tertiary alicyclic amines) is 1. The number of ether oxygens (including phenoxy) is 2. The SMILES string of the molecule is CCOC(=O)CC1CC(OC)CN1Cc1cccc2c1NCC2.Cl. The molecule has 0 aromatic heterocycles. The third-order valence-electron chi connectivity index (χ3n) is 4.84. The smallest absolute Gasteiger partial charge is 0.307 e. The highest BCUT2D eigenvalue weighted by molar-refractivity contribution is 5.85. The maximum atomic E-state index is 11.9. The summed E-state index contributed by atoms with van der Waals surface area (Å²) in [5.41, 5.74) is 3.99. The summed E-state index contributed by atoms with van der Waals surface area (Å²) in [6.45, 7) is 5.01. The molecule has 2 aliphatic heterocycles. The zero-order chi connectivity index (χ0) is 16.2. The van der Waals surface area contributed by atoms with Crippen LogP contribution in [-0.2, 0) is 27.2 Å². The Labute approximate surface area is 150 Å². The fourth-order valence-electron chi connectivity index (χ4n) is 3.69. The Morgan fingerprint density at radius 3 is 3.00 bits per heavy atom. The Balaban J connectivity index is 0.00000208. The van der Waals surface area contributed by atoms with Crippen LogP contribution in [0.3, 0.4) is 0 Å². The number of nitrogens with one attached hydrogen (secondary N) is 1. The number of rotatable bonds is 6. The second-order valence-corrected chi connectivity index (χ2v) is 6.31. The maximum Gasteiger partial charge on any atom is 0.307 e. The van der Waals surface area contributed by atoms with Crippen LogP contribution in [0.2, 0.25) is 0 Å². The van der Waals surface area contributed by atoms with Crippen LogP contribution in [0.25, 0.3) is 0 Å². The quantitative estimate of drug-likeness (QED) is 0.796. The van der Waals surface area contributed by atoms with Gasteiger partial charge >= 0.3 is 5.97 Å². The van der Waals surface area contributed by atoms with Crippen molar-refractivity contribution in [3.8, 4) is 0 Å². The standard InChI is InChI=1S/C18H26N2O3.ClH/c1-3-23-17(21)10-15-9-16(22-2)12-20(15)11-14-6-4-5-13-7-8-19-18(13)14;/h4-6,15-16,19H,3,7-12H2,1-2H3;1H. The van der Waals surface area contributed by atoms with E-state index >= 15 is 0 Å². The molecule has 3 rings (SSSR count). The Morgan fingerprint density at radius 2 is 2.25 bits per heavy atom. The van der Waals surface area contributed by atoms with Crippen molar-refractivity contribution in [1.29, 1.82) is 0 Å². The Kier molecular flexibility index (Phi) is 6.90. The summed E-state index contributed by atoms with van der Waals surface area (Å²) < 4.78 is 10.7. The lowest BCUT2D eigenvalue weighted by atomic mass is 10.1. The van der Waals surface area contributed by atoms with E-state index in [4.69, 9.17) is 9.47 Å². The van der Waals surface area contributed by atoms with Gasteiger partial charge in [0, 0.05) is 38.5 Å². The van der Waals surface area contributed by atoms with Crippen molar-refractivity contribution in [2.24, 2.45) is 0 Å². The molecular weight excluding hydrogens is 328 g/mol. The molecule has 0 saturated carbocycles. The number of hydrogen-bond acceptors (Lipinski definition) is 5. The van der Waals surface area contributed by atoms with Gasteiger partial charge in [-0.3, -0.25) is 9.69 Å². The van der Waals surface area contributed by atoms with Crippen molar-refractivity contribution in [1.82, 2.24) is 4.90 Å². The Bertz CT molecular complexity index is 567. The molecule has 1 aromatic carbocycles. The van der Waals surface area contributed by atoms with Gasteiger partial charge in [0.1, 0.15) is 0 Å². The van der Waals surface area contributed by atoms with E-state index < -0.39 is 0 Å². The van der Waals surface area contributed by atoms with Crippen LogP contribution in [0.5, 0.6) is 0 Å². The van der Waals surface area contributed by atoms with Crippen LogP contribution < -0.4 is 5.32 Å². The minimum absolute atomic E-state index is 0. The molecule has 0 aliphatic carbocycles. The molecule has 0 amide bonds. The Hall–Kier alpha value is -1.30. The number of fused-ring (bicyclic) bond motifs is 1. The van der Waals surface area contributed by atoms with E-state index in [-0.39, 0.29) is 30.5 Å². The number of benzene rings is 1. The molecule has 0 bridgehead atoms. The van der Waals surface area contributed by atoms with E-state index in [1.54, 1.807) is 7.11 Å². The largest absolute Gasteiger partial charge is 0.466 e. The normalized spacial score (nSPS) is 22.6. The molecule has 1 aromatic rings. The van der Waals surface area contributed by atoms with Gasteiger partial charge in [-0.25, -0.2) is 0 Å². The van der Waals surface area contributed by atoms with E-state index in [0.717, 1.165) is 32.5 Å². The summed E-state index contributed by atoms with van der Waals surface area (Å²) in [5.74, 6) is -0.115. The minimum Gasteiger partial charge on any atom is -0.466 e. The summed E-state index contributed by atoms with van der Waals surface area (Å²) >= 11 is 0. The first-order chi connectivity index (χ1) is 11.2. The van der Waals surface area contributed by atoms with Crippen molar-refractivity contribution >= 4 is 24.1 Å². The lowest BCUT2D eigenvalue weighted by Gasteiger charge is -2.24. The fraction of sp³-hybridized carbons (Fsp3) is 0.611. The highest BCUT2D eigenvalue weighted by atomic mass is 35.5. The topological polar surface area (TPSA) is 50.8 Å². The molecule has 134 valence electrons. The monoisotopic (exact) mass is 354 g/mol. The van der Waals surface area contributed by atoms with Crippen LogP contribution in [0.15, 0.2) is 18.2 Å². The number of methoxy groups -OCH3 is 1. The molecule has 0 spiro atoms. The van der Waals surface area contributed by atoms with E-state index in [2.05, 4.69) is 28.4 Å². The van der Waals surface area contributed by atoms with Gasteiger partial charge in [-0.15, -0.1) is 12.4 Å². The number of halogens is 1. The van der Waals surface area contributed by atoms with Crippen molar-refractivity contribution < 1.29 is 14.3 Å². The molecular formula is C18H27ClN2O3. The van der Waals surface area contributed by atoms with Crippen LogP contribution in [-0.4, -0.2) is 49.8 Å². The zero-order valence-corrected chi connectivity index (χ0v) is 15.2. The summed E-state index contributed by atoms with van der Waals surface area (Å²) in [4.78, 5) is 14.2. The number of carbonyl (C=O) groups excluding carboxylic acids is 1. The van der Waals surface area contributed by atoms with Gasteiger partial charge in [-0.05, 0) is 30.9 Å². The van der Waals surface area contributed by atoms with Crippen molar-refractivity contribution in [3.05, 3.63) is 29.3 Å². The first-order valence-corrected chi connectivity index (χ1v) is 8.48. The molecule has 1 fully saturated rings. The second-order valence-electron chi connectivity index (χ2n) is 6.31. The molecule has 2 unspecified atom stereocenters. The minimum atomic E-state index is -0.115. The third-order valence-corrected chi connectivity index (χ3v) is 4.84. The number of esters is 1. The summed E-state index contributed by atoms with van der Waals surface area (Å²) in [6.07, 6.45) is 2.61. The summed E-state index contributed by atoms with van der Waals surface area (Å²) in [7, 11) is 1.75.